The highest BCUT2D eigenvalue weighted by Crippen LogP contribution is 2.24. The monoisotopic (exact) mass is 409 g/mol. The van der Waals surface area contributed by atoms with Gasteiger partial charge in [0.1, 0.15) is 10.7 Å². The molecule has 0 radical (unpaired) electrons. The van der Waals surface area contributed by atoms with Gasteiger partial charge in [-0.25, -0.2) is 9.97 Å². The number of carbonyl (C=O) groups excluding carboxylic acids is 1. The van der Waals surface area contributed by atoms with E-state index in [0.29, 0.717) is 25.3 Å². The van der Waals surface area contributed by atoms with Crippen LogP contribution < -0.4 is 10.6 Å². The standard InChI is InChI=1S/C14H19N5OS2.2ClH/c1-2-10-8-16-14(22-10)19-5-3-18(4-6-19)13(20)11-9-21-12(7-15)17-11;;/h8-9H,2-7,15H2,1H3;2*1H. The molecule has 0 spiro atoms. The lowest BCUT2D eigenvalue weighted by atomic mass is 10.3. The summed E-state index contributed by atoms with van der Waals surface area (Å²) in [6.07, 6.45) is 2.96. The number of nitrogens with two attached hydrogens (primary N) is 1. The van der Waals surface area contributed by atoms with Gasteiger partial charge in [0.2, 0.25) is 0 Å². The summed E-state index contributed by atoms with van der Waals surface area (Å²) in [5, 5.41) is 3.66. The minimum Gasteiger partial charge on any atom is -0.345 e. The molecule has 134 valence electrons. The number of halogens is 2. The van der Waals surface area contributed by atoms with Crippen LogP contribution in [0.5, 0.6) is 0 Å². The van der Waals surface area contributed by atoms with Gasteiger partial charge >= 0.3 is 0 Å². The maximum atomic E-state index is 12.4. The largest absolute Gasteiger partial charge is 0.345 e. The van der Waals surface area contributed by atoms with Gasteiger partial charge in [0.25, 0.3) is 5.91 Å². The minimum atomic E-state index is 0. The van der Waals surface area contributed by atoms with Crippen LogP contribution in [0.25, 0.3) is 0 Å². The van der Waals surface area contributed by atoms with Crippen LogP contribution in [-0.4, -0.2) is 47.0 Å². The van der Waals surface area contributed by atoms with E-state index in [4.69, 9.17) is 5.73 Å². The van der Waals surface area contributed by atoms with Crippen LogP contribution in [-0.2, 0) is 13.0 Å². The van der Waals surface area contributed by atoms with Gasteiger partial charge in [0.15, 0.2) is 5.13 Å². The molecule has 0 aromatic carbocycles. The first-order valence-corrected chi connectivity index (χ1v) is 9.04. The van der Waals surface area contributed by atoms with E-state index < -0.39 is 0 Å². The van der Waals surface area contributed by atoms with Crippen molar-refractivity contribution in [3.05, 3.63) is 27.2 Å². The third kappa shape index (κ3) is 4.58. The Hall–Kier alpha value is -0.930. The molecule has 10 heteroatoms. The molecule has 3 rings (SSSR count). The highest BCUT2D eigenvalue weighted by atomic mass is 35.5. The van der Waals surface area contributed by atoms with Crippen LogP contribution in [0.1, 0.15) is 27.3 Å². The first-order chi connectivity index (χ1) is 10.7. The fourth-order valence-corrected chi connectivity index (χ4v) is 3.92. The van der Waals surface area contributed by atoms with E-state index in [1.807, 2.05) is 11.1 Å². The average molecular weight is 410 g/mol. The van der Waals surface area contributed by atoms with E-state index in [0.717, 1.165) is 29.6 Å². The van der Waals surface area contributed by atoms with Crippen molar-refractivity contribution in [3.8, 4) is 0 Å². The Morgan fingerprint density at radius 2 is 2.00 bits per heavy atom. The van der Waals surface area contributed by atoms with Crippen molar-refractivity contribution in [1.82, 2.24) is 14.9 Å². The lowest BCUT2D eigenvalue weighted by Crippen LogP contribution is -2.48. The maximum absolute atomic E-state index is 12.4. The van der Waals surface area contributed by atoms with Gasteiger partial charge in [-0.15, -0.1) is 47.5 Å². The van der Waals surface area contributed by atoms with E-state index in [-0.39, 0.29) is 30.7 Å². The van der Waals surface area contributed by atoms with Crippen LogP contribution in [0, 0.1) is 0 Å². The molecule has 1 saturated heterocycles. The third-order valence-corrected chi connectivity index (χ3v) is 5.75. The van der Waals surface area contributed by atoms with E-state index in [2.05, 4.69) is 21.8 Å². The summed E-state index contributed by atoms with van der Waals surface area (Å²) in [7, 11) is 0. The summed E-state index contributed by atoms with van der Waals surface area (Å²) in [6, 6.07) is 0. The van der Waals surface area contributed by atoms with Crippen molar-refractivity contribution in [2.75, 3.05) is 31.1 Å². The van der Waals surface area contributed by atoms with E-state index in [1.165, 1.54) is 16.2 Å². The van der Waals surface area contributed by atoms with Gasteiger partial charge in [-0.05, 0) is 6.42 Å². The number of nitrogens with zero attached hydrogens (tertiary/aromatic N) is 4. The quantitative estimate of drug-likeness (QED) is 0.838. The Kier molecular flexibility index (Phi) is 8.38. The zero-order chi connectivity index (χ0) is 15.5. The van der Waals surface area contributed by atoms with Gasteiger partial charge in [0, 0.05) is 49.2 Å². The number of thiazole rings is 2. The number of anilines is 1. The molecular formula is C14H21Cl2N5OS2. The van der Waals surface area contributed by atoms with E-state index >= 15 is 0 Å². The maximum Gasteiger partial charge on any atom is 0.273 e. The molecule has 0 unspecified atom stereocenters. The topological polar surface area (TPSA) is 75.4 Å². The molecule has 2 N–H and O–H groups in total. The second kappa shape index (κ2) is 9.53. The highest BCUT2D eigenvalue weighted by Gasteiger charge is 2.25. The lowest BCUT2D eigenvalue weighted by Gasteiger charge is -2.34. The molecule has 6 nitrogen and oxygen atoms in total. The summed E-state index contributed by atoms with van der Waals surface area (Å²) in [5.41, 5.74) is 6.06. The summed E-state index contributed by atoms with van der Waals surface area (Å²) in [5.74, 6) is 0.00369. The molecule has 0 bridgehead atoms. The van der Waals surface area contributed by atoms with Crippen molar-refractivity contribution in [2.24, 2.45) is 5.73 Å². The number of aryl methyl sites for hydroxylation is 1. The lowest BCUT2D eigenvalue weighted by molar-refractivity contribution is 0.0741. The molecule has 0 saturated carbocycles. The van der Waals surface area contributed by atoms with Crippen LogP contribution in [0.2, 0.25) is 0 Å². The first kappa shape index (κ1) is 21.1. The van der Waals surface area contributed by atoms with Gasteiger partial charge in [-0.2, -0.15) is 0 Å². The predicted molar refractivity (Wildman–Crippen MR) is 104 cm³/mol. The highest BCUT2D eigenvalue weighted by molar-refractivity contribution is 7.15. The van der Waals surface area contributed by atoms with Crippen LogP contribution >= 0.6 is 47.5 Å². The Labute approximate surface area is 161 Å². The average Bonchev–Trinajstić information content (AvgIpc) is 3.23. The molecule has 1 aliphatic rings. The third-order valence-electron chi connectivity index (χ3n) is 3.67. The Balaban J connectivity index is 0.00000144. The minimum absolute atomic E-state index is 0. The van der Waals surface area contributed by atoms with Crippen LogP contribution in [0.15, 0.2) is 11.6 Å². The number of amides is 1. The summed E-state index contributed by atoms with van der Waals surface area (Å²) in [4.78, 5) is 26.6. The summed E-state index contributed by atoms with van der Waals surface area (Å²) < 4.78 is 0. The predicted octanol–water partition coefficient (Wildman–Crippen LogP) is 2.43. The Bertz CT molecular complexity index is 655. The molecular weight excluding hydrogens is 389 g/mol. The summed E-state index contributed by atoms with van der Waals surface area (Å²) >= 11 is 3.18. The van der Waals surface area contributed by atoms with Crippen molar-refractivity contribution in [1.29, 1.82) is 0 Å². The second-order valence-corrected chi connectivity index (χ2v) is 7.11. The number of aromatic nitrogens is 2. The number of hydrogen-bond acceptors (Lipinski definition) is 7. The SMILES string of the molecule is CCc1cnc(N2CCN(C(=O)c3csc(CN)n3)CC2)s1.Cl.Cl. The second-order valence-electron chi connectivity index (χ2n) is 5.07. The molecule has 1 aliphatic heterocycles. The fourth-order valence-electron chi connectivity index (χ4n) is 2.37. The molecule has 2 aromatic heterocycles. The summed E-state index contributed by atoms with van der Waals surface area (Å²) in [6.45, 7) is 5.56. The molecule has 1 amide bonds. The van der Waals surface area contributed by atoms with Crippen LogP contribution in [0.3, 0.4) is 0 Å². The first-order valence-electron chi connectivity index (χ1n) is 7.34. The van der Waals surface area contributed by atoms with Crippen LogP contribution in [0.4, 0.5) is 5.13 Å². The molecule has 0 atom stereocenters. The van der Waals surface area contributed by atoms with Crippen molar-refractivity contribution < 1.29 is 4.79 Å². The number of rotatable bonds is 4. The normalized spacial score (nSPS) is 14.1. The molecule has 24 heavy (non-hydrogen) atoms. The number of hydrogen-bond donors (Lipinski definition) is 1. The van der Waals surface area contributed by atoms with E-state index in [9.17, 15) is 4.79 Å². The zero-order valence-corrected chi connectivity index (χ0v) is 16.6. The number of piperazine rings is 1. The Morgan fingerprint density at radius 1 is 1.29 bits per heavy atom. The van der Waals surface area contributed by atoms with Crippen molar-refractivity contribution in [3.63, 3.8) is 0 Å². The molecule has 1 fully saturated rings. The molecule has 2 aromatic rings. The smallest absolute Gasteiger partial charge is 0.273 e. The number of carbonyl (C=O) groups is 1. The van der Waals surface area contributed by atoms with Crippen molar-refractivity contribution >= 4 is 58.5 Å². The Morgan fingerprint density at radius 3 is 2.54 bits per heavy atom. The van der Waals surface area contributed by atoms with Crippen molar-refractivity contribution in [2.45, 2.75) is 19.9 Å². The van der Waals surface area contributed by atoms with Gasteiger partial charge < -0.3 is 15.5 Å². The zero-order valence-electron chi connectivity index (χ0n) is 13.3. The molecule has 0 aliphatic carbocycles. The van der Waals surface area contributed by atoms with E-state index in [1.54, 1.807) is 16.7 Å². The van der Waals surface area contributed by atoms with Gasteiger partial charge in [0.05, 0.1) is 0 Å². The van der Waals surface area contributed by atoms with Gasteiger partial charge in [-0.1, -0.05) is 6.92 Å². The molecule has 3 heterocycles. The fraction of sp³-hybridized carbons (Fsp3) is 0.500. The van der Waals surface area contributed by atoms with Gasteiger partial charge in [-0.3, -0.25) is 4.79 Å².